The molecule has 0 fully saturated rings. The largest absolute Gasteiger partial charge is 0.386 e. The zero-order chi connectivity index (χ0) is 12.1. The highest BCUT2D eigenvalue weighted by atomic mass is 32.2. The fourth-order valence-electron chi connectivity index (χ4n) is 2.03. The summed E-state index contributed by atoms with van der Waals surface area (Å²) in [7, 11) is -3.13. The average Bonchev–Trinajstić information content (AvgIpc) is 2.36. The number of hydrogen-bond donors (Lipinski definition) is 1. The van der Waals surface area contributed by atoms with Crippen molar-refractivity contribution in [3.8, 4) is 0 Å². The molecule has 0 aromatic heterocycles. The van der Waals surface area contributed by atoms with Gasteiger partial charge < -0.3 is 5.11 Å². The molecule has 0 spiro atoms. The van der Waals surface area contributed by atoms with Gasteiger partial charge in [0.1, 0.15) is 0 Å². The summed E-state index contributed by atoms with van der Waals surface area (Å²) < 4.78 is 23.8. The van der Waals surface area contributed by atoms with Gasteiger partial charge in [-0.05, 0) is 44.4 Å². The number of sulfone groups is 1. The van der Waals surface area contributed by atoms with Gasteiger partial charge in [0, 0.05) is 0 Å². The van der Waals surface area contributed by atoms with Crippen molar-refractivity contribution in [2.75, 3.05) is 0 Å². The molecule has 3 nitrogen and oxygen atoms in total. The molecule has 0 saturated carbocycles. The summed E-state index contributed by atoms with van der Waals surface area (Å²) in [5.74, 6) is 0. The van der Waals surface area contributed by atoms with Crippen molar-refractivity contribution in [2.24, 2.45) is 0 Å². The lowest BCUT2D eigenvalue weighted by Crippen LogP contribution is -2.15. The van der Waals surface area contributed by atoms with E-state index in [2.05, 4.69) is 0 Å². The van der Waals surface area contributed by atoms with Gasteiger partial charge in [-0.3, -0.25) is 0 Å². The van der Waals surface area contributed by atoms with E-state index in [0.717, 1.165) is 11.1 Å². The van der Waals surface area contributed by atoms with Crippen LogP contribution in [0.4, 0.5) is 0 Å². The molecule has 0 aliphatic carbocycles. The summed E-state index contributed by atoms with van der Waals surface area (Å²) in [5.41, 5.74) is 0.660. The van der Waals surface area contributed by atoms with Crippen LogP contribution in [0.3, 0.4) is 0 Å². The molecule has 0 amide bonds. The number of rotatable bonds is 1. The predicted molar refractivity (Wildman–Crippen MR) is 62.0 cm³/mol. The maximum atomic E-state index is 11.9. The second-order valence-corrected chi connectivity index (χ2v) is 7.28. The monoisotopic (exact) mass is 240 g/mol. The molecule has 0 radical (unpaired) electrons. The van der Waals surface area contributed by atoms with Crippen LogP contribution >= 0.6 is 0 Å². The average molecular weight is 240 g/mol. The van der Waals surface area contributed by atoms with Crippen LogP contribution in [0, 0.1) is 0 Å². The molecule has 1 heterocycles. The van der Waals surface area contributed by atoms with Crippen molar-refractivity contribution < 1.29 is 13.5 Å². The van der Waals surface area contributed by atoms with Crippen molar-refractivity contribution >= 4 is 9.84 Å². The molecule has 1 aromatic carbocycles. The van der Waals surface area contributed by atoms with Crippen LogP contribution in [0.15, 0.2) is 23.1 Å². The first-order chi connectivity index (χ1) is 7.23. The smallest absolute Gasteiger partial charge is 0.181 e. The Kier molecular flexibility index (Phi) is 2.40. The van der Waals surface area contributed by atoms with Crippen molar-refractivity contribution in [3.63, 3.8) is 0 Å². The number of benzene rings is 1. The van der Waals surface area contributed by atoms with E-state index >= 15 is 0 Å². The second kappa shape index (κ2) is 3.31. The molecular formula is C12H16O3S. The van der Waals surface area contributed by atoms with E-state index in [0.29, 0.717) is 11.3 Å². The minimum atomic E-state index is -3.13. The minimum Gasteiger partial charge on any atom is -0.386 e. The van der Waals surface area contributed by atoms with Gasteiger partial charge in [-0.1, -0.05) is 12.1 Å². The maximum Gasteiger partial charge on any atom is 0.181 e. The van der Waals surface area contributed by atoms with Gasteiger partial charge in [0.25, 0.3) is 0 Å². The normalized spacial score (nSPS) is 23.1. The van der Waals surface area contributed by atoms with Crippen molar-refractivity contribution in [1.82, 2.24) is 0 Å². The van der Waals surface area contributed by atoms with E-state index < -0.39 is 15.4 Å². The van der Waals surface area contributed by atoms with E-state index in [1.807, 2.05) is 0 Å². The van der Waals surface area contributed by atoms with Gasteiger partial charge in [-0.15, -0.1) is 0 Å². The van der Waals surface area contributed by atoms with Crippen molar-refractivity contribution in [2.45, 2.75) is 42.9 Å². The van der Waals surface area contributed by atoms with Crippen LogP contribution in [-0.2, 0) is 21.9 Å². The van der Waals surface area contributed by atoms with Gasteiger partial charge >= 0.3 is 0 Å². The Bertz CT molecular complexity index is 524. The lowest BCUT2D eigenvalue weighted by Gasteiger charge is -2.18. The molecule has 0 saturated heterocycles. The highest BCUT2D eigenvalue weighted by Gasteiger charge is 2.34. The van der Waals surface area contributed by atoms with Crippen LogP contribution in [-0.4, -0.2) is 18.8 Å². The quantitative estimate of drug-likeness (QED) is 0.811. The standard InChI is InChI=1S/C12H16O3S/c1-8-6-9-7-10(12(2,3)13)4-5-11(9)16(8,14)15/h4-5,7-8,13H,6H2,1-3H3. The van der Waals surface area contributed by atoms with E-state index in [4.69, 9.17) is 0 Å². The first-order valence-electron chi connectivity index (χ1n) is 5.32. The highest BCUT2D eigenvalue weighted by molar-refractivity contribution is 7.92. The highest BCUT2D eigenvalue weighted by Crippen LogP contribution is 2.33. The number of aliphatic hydroxyl groups is 1. The van der Waals surface area contributed by atoms with Gasteiger partial charge in [0.05, 0.1) is 15.7 Å². The third-order valence-electron chi connectivity index (χ3n) is 3.11. The van der Waals surface area contributed by atoms with Gasteiger partial charge in [-0.25, -0.2) is 8.42 Å². The Morgan fingerprint density at radius 1 is 1.38 bits per heavy atom. The van der Waals surface area contributed by atoms with E-state index in [9.17, 15) is 13.5 Å². The molecular weight excluding hydrogens is 224 g/mol. The van der Waals surface area contributed by atoms with Gasteiger partial charge in [0.2, 0.25) is 0 Å². The summed E-state index contributed by atoms with van der Waals surface area (Å²) in [6.45, 7) is 5.11. The van der Waals surface area contributed by atoms with Crippen LogP contribution in [0.5, 0.6) is 0 Å². The molecule has 88 valence electrons. The zero-order valence-electron chi connectivity index (χ0n) is 9.69. The van der Waals surface area contributed by atoms with E-state index in [-0.39, 0.29) is 5.25 Å². The summed E-state index contributed by atoms with van der Waals surface area (Å²) in [5, 5.41) is 9.52. The molecule has 1 aliphatic rings. The Labute approximate surface area is 96.0 Å². The van der Waals surface area contributed by atoms with E-state index in [1.54, 1.807) is 39.0 Å². The van der Waals surface area contributed by atoms with Gasteiger partial charge in [-0.2, -0.15) is 0 Å². The van der Waals surface area contributed by atoms with Crippen LogP contribution in [0.25, 0.3) is 0 Å². The molecule has 1 aliphatic heterocycles. The number of hydrogen-bond acceptors (Lipinski definition) is 3. The molecule has 1 N–H and O–H groups in total. The third kappa shape index (κ3) is 1.66. The zero-order valence-corrected chi connectivity index (χ0v) is 10.5. The molecule has 1 atom stereocenters. The molecule has 1 aromatic rings. The molecule has 0 bridgehead atoms. The summed E-state index contributed by atoms with van der Waals surface area (Å²) >= 11 is 0. The SMILES string of the molecule is CC1Cc2cc(C(C)(C)O)ccc2S1(=O)=O. The summed E-state index contributed by atoms with van der Waals surface area (Å²) in [6.07, 6.45) is 0.543. The van der Waals surface area contributed by atoms with Gasteiger partial charge in [0.15, 0.2) is 9.84 Å². The Balaban J connectivity index is 2.58. The lowest BCUT2D eigenvalue weighted by atomic mass is 9.95. The summed E-state index contributed by atoms with van der Waals surface area (Å²) in [4.78, 5) is 0.424. The van der Waals surface area contributed by atoms with Crippen molar-refractivity contribution in [1.29, 1.82) is 0 Å². The lowest BCUT2D eigenvalue weighted by molar-refractivity contribution is 0.0784. The minimum absolute atomic E-state index is 0.348. The van der Waals surface area contributed by atoms with Crippen LogP contribution in [0.2, 0.25) is 0 Å². The Morgan fingerprint density at radius 2 is 2.00 bits per heavy atom. The Hall–Kier alpha value is -0.870. The molecule has 1 unspecified atom stereocenters. The van der Waals surface area contributed by atoms with E-state index in [1.165, 1.54) is 0 Å². The molecule has 4 heteroatoms. The summed E-state index contributed by atoms with van der Waals surface area (Å²) in [6, 6.07) is 5.10. The van der Waals surface area contributed by atoms with Crippen LogP contribution in [0.1, 0.15) is 31.9 Å². The number of fused-ring (bicyclic) bond motifs is 1. The fraction of sp³-hybridized carbons (Fsp3) is 0.500. The second-order valence-electron chi connectivity index (χ2n) is 4.94. The predicted octanol–water partition coefficient (Wildman–Crippen LogP) is 1.63. The first kappa shape index (κ1) is 11.6. The van der Waals surface area contributed by atoms with Crippen molar-refractivity contribution in [3.05, 3.63) is 29.3 Å². The first-order valence-corrected chi connectivity index (χ1v) is 6.87. The fourth-order valence-corrected chi connectivity index (χ4v) is 3.63. The third-order valence-corrected chi connectivity index (χ3v) is 5.35. The van der Waals surface area contributed by atoms with Crippen LogP contribution < -0.4 is 0 Å². The maximum absolute atomic E-state index is 11.9. The molecule has 16 heavy (non-hydrogen) atoms. The Morgan fingerprint density at radius 3 is 2.56 bits per heavy atom. The topological polar surface area (TPSA) is 54.4 Å². The molecule has 2 rings (SSSR count).